The fourth-order valence-electron chi connectivity index (χ4n) is 2.45. The fourth-order valence-corrected chi connectivity index (χ4v) is 2.45. The van der Waals surface area contributed by atoms with Crippen LogP contribution in [0.25, 0.3) is 0 Å². The van der Waals surface area contributed by atoms with Gasteiger partial charge in [-0.25, -0.2) is 0 Å². The van der Waals surface area contributed by atoms with E-state index in [0.29, 0.717) is 11.9 Å². The van der Waals surface area contributed by atoms with Crippen molar-refractivity contribution < 1.29 is 4.52 Å². The Balaban J connectivity index is 0.00000162. The zero-order valence-corrected chi connectivity index (χ0v) is 13.2. The van der Waals surface area contributed by atoms with Gasteiger partial charge in [-0.15, -0.1) is 24.8 Å². The number of hydrogen-bond donors (Lipinski definition) is 1. The van der Waals surface area contributed by atoms with Crippen LogP contribution in [0, 0.1) is 6.92 Å². The Morgan fingerprint density at radius 1 is 1.32 bits per heavy atom. The zero-order chi connectivity index (χ0) is 12.1. The largest absolute Gasteiger partial charge is 0.340 e. The highest BCUT2D eigenvalue weighted by atomic mass is 35.5. The standard InChI is InChI=1S/C12H22N4O.2ClH/c1-3-16(9-12-14-10(2)17-15-12)11-5-4-7-13-8-6-11;;/h11,13H,3-9H2,1-2H3;2*1H. The van der Waals surface area contributed by atoms with Crippen LogP contribution in [0.2, 0.25) is 0 Å². The minimum Gasteiger partial charge on any atom is -0.340 e. The first-order valence-corrected chi connectivity index (χ1v) is 6.53. The average Bonchev–Trinajstić information content (AvgIpc) is 2.58. The molecule has 1 atom stereocenters. The van der Waals surface area contributed by atoms with Crippen LogP contribution in [0.15, 0.2) is 4.52 Å². The van der Waals surface area contributed by atoms with Gasteiger partial charge in [0, 0.05) is 13.0 Å². The topological polar surface area (TPSA) is 54.2 Å². The van der Waals surface area contributed by atoms with Crippen molar-refractivity contribution >= 4 is 24.8 Å². The lowest BCUT2D eigenvalue weighted by molar-refractivity contribution is 0.176. The van der Waals surface area contributed by atoms with Gasteiger partial charge in [-0.3, -0.25) is 4.90 Å². The average molecular weight is 311 g/mol. The third kappa shape index (κ3) is 5.65. The van der Waals surface area contributed by atoms with Gasteiger partial charge in [0.2, 0.25) is 5.89 Å². The lowest BCUT2D eigenvalue weighted by Crippen LogP contribution is -2.35. The minimum absolute atomic E-state index is 0. The smallest absolute Gasteiger partial charge is 0.223 e. The molecule has 19 heavy (non-hydrogen) atoms. The van der Waals surface area contributed by atoms with Crippen molar-refractivity contribution in [3.8, 4) is 0 Å². The molecule has 2 heterocycles. The van der Waals surface area contributed by atoms with Crippen LogP contribution in [0.5, 0.6) is 0 Å². The van der Waals surface area contributed by atoms with Crippen molar-refractivity contribution in [1.82, 2.24) is 20.4 Å². The Hall–Kier alpha value is -0.360. The van der Waals surface area contributed by atoms with Gasteiger partial charge < -0.3 is 9.84 Å². The molecule has 5 nitrogen and oxygen atoms in total. The molecule has 112 valence electrons. The summed E-state index contributed by atoms with van der Waals surface area (Å²) in [5.41, 5.74) is 0. The summed E-state index contributed by atoms with van der Waals surface area (Å²) in [6.45, 7) is 8.15. The summed E-state index contributed by atoms with van der Waals surface area (Å²) in [5, 5.41) is 7.43. The van der Waals surface area contributed by atoms with E-state index in [2.05, 4.69) is 27.3 Å². The molecule has 1 aliphatic heterocycles. The summed E-state index contributed by atoms with van der Waals surface area (Å²) in [6.07, 6.45) is 3.73. The highest BCUT2D eigenvalue weighted by Gasteiger charge is 2.20. The molecule has 2 rings (SSSR count). The van der Waals surface area contributed by atoms with Crippen LogP contribution in [-0.4, -0.2) is 40.7 Å². The number of hydrogen-bond acceptors (Lipinski definition) is 5. The van der Waals surface area contributed by atoms with Crippen molar-refractivity contribution in [1.29, 1.82) is 0 Å². The molecule has 1 fully saturated rings. The number of aromatic nitrogens is 2. The van der Waals surface area contributed by atoms with Gasteiger partial charge in [-0.2, -0.15) is 4.98 Å². The van der Waals surface area contributed by atoms with Gasteiger partial charge in [-0.05, 0) is 38.9 Å². The first-order chi connectivity index (χ1) is 8.29. The van der Waals surface area contributed by atoms with Crippen molar-refractivity contribution in [2.45, 2.75) is 45.7 Å². The van der Waals surface area contributed by atoms with E-state index in [1.807, 2.05) is 6.92 Å². The molecule has 1 unspecified atom stereocenters. The van der Waals surface area contributed by atoms with E-state index in [-0.39, 0.29) is 24.8 Å². The fraction of sp³-hybridized carbons (Fsp3) is 0.833. The van der Waals surface area contributed by atoms with E-state index in [0.717, 1.165) is 32.0 Å². The number of halogens is 2. The first kappa shape index (κ1) is 18.6. The predicted molar refractivity (Wildman–Crippen MR) is 80.1 cm³/mol. The van der Waals surface area contributed by atoms with Crippen molar-refractivity contribution in [3.05, 3.63) is 11.7 Å². The maximum Gasteiger partial charge on any atom is 0.223 e. The lowest BCUT2D eigenvalue weighted by Gasteiger charge is -2.28. The number of nitrogens with one attached hydrogen (secondary N) is 1. The van der Waals surface area contributed by atoms with Crippen LogP contribution >= 0.6 is 24.8 Å². The normalized spacial score (nSPS) is 19.4. The highest BCUT2D eigenvalue weighted by molar-refractivity contribution is 5.85. The molecule has 7 heteroatoms. The number of rotatable bonds is 4. The highest BCUT2D eigenvalue weighted by Crippen LogP contribution is 2.15. The summed E-state index contributed by atoms with van der Waals surface area (Å²) in [4.78, 5) is 6.74. The molecule has 0 aromatic carbocycles. The third-order valence-corrected chi connectivity index (χ3v) is 3.38. The summed E-state index contributed by atoms with van der Waals surface area (Å²) >= 11 is 0. The molecule has 0 saturated carbocycles. The molecular formula is C12H24Cl2N4O. The minimum atomic E-state index is 0. The molecule has 0 bridgehead atoms. The first-order valence-electron chi connectivity index (χ1n) is 6.53. The van der Waals surface area contributed by atoms with Crippen LogP contribution in [0.4, 0.5) is 0 Å². The Morgan fingerprint density at radius 2 is 2.11 bits per heavy atom. The third-order valence-electron chi connectivity index (χ3n) is 3.38. The second-order valence-corrected chi connectivity index (χ2v) is 4.63. The summed E-state index contributed by atoms with van der Waals surface area (Å²) < 4.78 is 5.02. The Morgan fingerprint density at radius 3 is 2.74 bits per heavy atom. The van der Waals surface area contributed by atoms with Gasteiger partial charge in [-0.1, -0.05) is 12.1 Å². The molecular weight excluding hydrogens is 287 g/mol. The summed E-state index contributed by atoms with van der Waals surface area (Å²) in [5.74, 6) is 1.46. The molecule has 0 spiro atoms. The maximum atomic E-state index is 5.02. The number of aryl methyl sites for hydroxylation is 1. The van der Waals surface area contributed by atoms with E-state index < -0.39 is 0 Å². The molecule has 1 aliphatic rings. The van der Waals surface area contributed by atoms with Crippen LogP contribution in [0.1, 0.15) is 37.9 Å². The zero-order valence-electron chi connectivity index (χ0n) is 11.6. The van der Waals surface area contributed by atoms with Crippen molar-refractivity contribution in [2.75, 3.05) is 19.6 Å². The molecule has 0 aliphatic carbocycles. The van der Waals surface area contributed by atoms with Crippen LogP contribution in [-0.2, 0) is 6.54 Å². The molecule has 0 radical (unpaired) electrons. The van der Waals surface area contributed by atoms with Crippen molar-refractivity contribution in [2.24, 2.45) is 0 Å². The van der Waals surface area contributed by atoms with E-state index in [1.165, 1.54) is 19.3 Å². The Kier molecular flexibility index (Phi) is 9.35. The molecule has 1 aromatic heterocycles. The van der Waals surface area contributed by atoms with Crippen LogP contribution in [0.3, 0.4) is 0 Å². The molecule has 0 amide bonds. The quantitative estimate of drug-likeness (QED) is 0.924. The Labute approximate surface area is 127 Å². The molecule has 1 aromatic rings. The molecule has 1 N–H and O–H groups in total. The predicted octanol–water partition coefficient (Wildman–Crippen LogP) is 2.19. The maximum absolute atomic E-state index is 5.02. The van der Waals surface area contributed by atoms with E-state index >= 15 is 0 Å². The second-order valence-electron chi connectivity index (χ2n) is 4.63. The second kappa shape index (κ2) is 9.53. The van der Waals surface area contributed by atoms with E-state index in [4.69, 9.17) is 4.52 Å². The van der Waals surface area contributed by atoms with Gasteiger partial charge in [0.1, 0.15) is 0 Å². The summed E-state index contributed by atoms with van der Waals surface area (Å²) in [6, 6.07) is 0.647. The van der Waals surface area contributed by atoms with Gasteiger partial charge in [0.25, 0.3) is 0 Å². The van der Waals surface area contributed by atoms with E-state index in [9.17, 15) is 0 Å². The summed E-state index contributed by atoms with van der Waals surface area (Å²) in [7, 11) is 0. The monoisotopic (exact) mass is 310 g/mol. The van der Waals surface area contributed by atoms with Crippen molar-refractivity contribution in [3.63, 3.8) is 0 Å². The SMILES string of the molecule is CCN(Cc1noc(C)n1)C1CCCNCC1.Cl.Cl. The Bertz CT molecular complexity index is 340. The molecule has 1 saturated heterocycles. The number of nitrogens with zero attached hydrogens (tertiary/aromatic N) is 3. The lowest BCUT2D eigenvalue weighted by atomic mass is 10.1. The van der Waals surface area contributed by atoms with Gasteiger partial charge in [0.05, 0.1) is 6.54 Å². The van der Waals surface area contributed by atoms with Gasteiger partial charge >= 0.3 is 0 Å². The van der Waals surface area contributed by atoms with Gasteiger partial charge in [0.15, 0.2) is 5.82 Å². The van der Waals surface area contributed by atoms with E-state index in [1.54, 1.807) is 0 Å². The van der Waals surface area contributed by atoms with Crippen LogP contribution < -0.4 is 5.32 Å².